The number of anilines is 1. The molecule has 0 aliphatic carbocycles. The third-order valence-electron chi connectivity index (χ3n) is 5.72. The largest absolute Gasteiger partial charge is 0.423 e. The van der Waals surface area contributed by atoms with Crippen molar-refractivity contribution < 1.29 is 14.3 Å². The molecule has 3 aromatic carbocycles. The van der Waals surface area contributed by atoms with Gasteiger partial charge in [0.15, 0.2) is 5.78 Å². The van der Waals surface area contributed by atoms with Crippen molar-refractivity contribution in [3.05, 3.63) is 95.1 Å². The molecule has 0 atom stereocenters. The molecule has 0 radical (unpaired) electrons. The molecule has 1 aliphatic heterocycles. The van der Waals surface area contributed by atoms with Crippen molar-refractivity contribution in [1.29, 1.82) is 0 Å². The highest BCUT2D eigenvalue weighted by Crippen LogP contribution is 2.26. The Kier molecular flexibility index (Phi) is 6.46. The molecule has 0 aromatic heterocycles. The zero-order valence-corrected chi connectivity index (χ0v) is 17.8. The number of hydrogen-bond donors (Lipinski definition) is 0. The quantitative estimate of drug-likeness (QED) is 0.296. The molecule has 0 bridgehead atoms. The lowest BCUT2D eigenvalue weighted by Crippen LogP contribution is -2.29. The monoisotopic (exact) mass is 413 g/mol. The van der Waals surface area contributed by atoms with Gasteiger partial charge in [-0.05, 0) is 61.6 Å². The van der Waals surface area contributed by atoms with Crippen LogP contribution in [0.3, 0.4) is 0 Å². The van der Waals surface area contributed by atoms with E-state index in [0.717, 1.165) is 38.0 Å². The molecule has 3 aromatic rings. The molecule has 0 amide bonds. The van der Waals surface area contributed by atoms with Crippen molar-refractivity contribution in [2.75, 3.05) is 18.0 Å². The van der Waals surface area contributed by atoms with Gasteiger partial charge in [-0.1, -0.05) is 49.4 Å². The number of benzene rings is 3. The maximum Gasteiger partial charge on any atom is 0.343 e. The number of rotatable bonds is 6. The van der Waals surface area contributed by atoms with Gasteiger partial charge >= 0.3 is 5.97 Å². The van der Waals surface area contributed by atoms with E-state index in [4.69, 9.17) is 4.74 Å². The number of aryl methyl sites for hydroxylation is 1. The number of esters is 1. The summed E-state index contributed by atoms with van der Waals surface area (Å²) >= 11 is 0. The van der Waals surface area contributed by atoms with Gasteiger partial charge in [0, 0.05) is 29.9 Å². The maximum atomic E-state index is 13.2. The molecule has 1 heterocycles. The Bertz CT molecular complexity index is 1050. The number of hydrogen-bond acceptors (Lipinski definition) is 4. The number of carbonyl (C=O) groups excluding carboxylic acids is 2. The second-order valence-electron chi connectivity index (χ2n) is 7.90. The minimum Gasteiger partial charge on any atom is -0.423 e. The predicted molar refractivity (Wildman–Crippen MR) is 123 cm³/mol. The van der Waals surface area contributed by atoms with E-state index in [2.05, 4.69) is 11.8 Å². The lowest BCUT2D eigenvalue weighted by Gasteiger charge is -2.29. The Hall–Kier alpha value is -3.40. The van der Waals surface area contributed by atoms with Crippen molar-refractivity contribution >= 4 is 17.4 Å². The molecule has 4 nitrogen and oxygen atoms in total. The van der Waals surface area contributed by atoms with E-state index < -0.39 is 5.97 Å². The number of ether oxygens (including phenoxy) is 1. The first-order valence-corrected chi connectivity index (χ1v) is 10.9. The van der Waals surface area contributed by atoms with Crippen LogP contribution in [0, 0.1) is 0 Å². The van der Waals surface area contributed by atoms with Gasteiger partial charge in [0.2, 0.25) is 0 Å². The Morgan fingerprint density at radius 2 is 1.48 bits per heavy atom. The standard InChI is InChI=1S/C27H27NO3/c1-2-20-11-13-21(14-12-20)26(29)22-17-23(27(30)31-25-9-5-3-6-10-25)19-24(18-22)28-15-7-4-8-16-28/h3,5-6,9-14,17-19H,2,4,7-8,15-16H2,1H3. The number of carbonyl (C=O) groups is 2. The van der Waals surface area contributed by atoms with E-state index in [9.17, 15) is 9.59 Å². The zero-order chi connectivity index (χ0) is 21.6. The normalized spacial score (nSPS) is 13.6. The number of piperidine rings is 1. The van der Waals surface area contributed by atoms with Crippen molar-refractivity contribution in [3.8, 4) is 5.75 Å². The fourth-order valence-corrected chi connectivity index (χ4v) is 3.91. The highest BCUT2D eigenvalue weighted by molar-refractivity contribution is 6.10. The summed E-state index contributed by atoms with van der Waals surface area (Å²) in [6.07, 6.45) is 4.36. The third-order valence-corrected chi connectivity index (χ3v) is 5.72. The molecule has 0 N–H and O–H groups in total. The summed E-state index contributed by atoms with van der Waals surface area (Å²) in [6.45, 7) is 3.94. The van der Waals surface area contributed by atoms with Gasteiger partial charge < -0.3 is 9.64 Å². The van der Waals surface area contributed by atoms with Crippen LogP contribution in [-0.4, -0.2) is 24.8 Å². The van der Waals surface area contributed by atoms with Crippen molar-refractivity contribution in [1.82, 2.24) is 0 Å². The van der Waals surface area contributed by atoms with Crippen LogP contribution in [0.5, 0.6) is 5.75 Å². The smallest absolute Gasteiger partial charge is 0.343 e. The van der Waals surface area contributed by atoms with Crippen LogP contribution in [0.4, 0.5) is 5.69 Å². The average Bonchev–Trinajstić information content (AvgIpc) is 2.84. The predicted octanol–water partition coefficient (Wildman–Crippen LogP) is 5.69. The van der Waals surface area contributed by atoms with Gasteiger partial charge in [0.25, 0.3) is 0 Å². The summed E-state index contributed by atoms with van der Waals surface area (Å²) in [5.74, 6) is -0.0605. The fraction of sp³-hybridized carbons (Fsp3) is 0.259. The first-order valence-electron chi connectivity index (χ1n) is 10.9. The summed E-state index contributed by atoms with van der Waals surface area (Å²) in [6, 6.07) is 22.1. The first-order chi connectivity index (χ1) is 15.1. The highest BCUT2D eigenvalue weighted by atomic mass is 16.5. The minimum atomic E-state index is -0.458. The van der Waals surface area contributed by atoms with Crippen molar-refractivity contribution in [3.63, 3.8) is 0 Å². The van der Waals surface area contributed by atoms with Crippen LogP contribution in [0.2, 0.25) is 0 Å². The van der Waals surface area contributed by atoms with E-state index in [1.54, 1.807) is 18.2 Å². The van der Waals surface area contributed by atoms with Gasteiger partial charge in [0.05, 0.1) is 5.56 Å². The Labute approximate surface area is 183 Å². The van der Waals surface area contributed by atoms with Crippen LogP contribution in [0.15, 0.2) is 72.8 Å². The molecule has 4 rings (SSSR count). The molecule has 4 heteroatoms. The maximum absolute atomic E-state index is 13.2. The van der Waals surface area contributed by atoms with Crippen molar-refractivity contribution in [2.45, 2.75) is 32.6 Å². The molecule has 0 spiro atoms. The average molecular weight is 414 g/mol. The molecular formula is C27H27NO3. The fourth-order valence-electron chi connectivity index (χ4n) is 3.91. The summed E-state index contributed by atoms with van der Waals surface area (Å²) in [5.41, 5.74) is 3.60. The van der Waals surface area contributed by atoms with Gasteiger partial charge in [0.1, 0.15) is 5.75 Å². The third kappa shape index (κ3) is 5.02. The van der Waals surface area contributed by atoms with Gasteiger partial charge in [-0.3, -0.25) is 4.79 Å². The SMILES string of the molecule is CCc1ccc(C(=O)c2cc(C(=O)Oc3ccccc3)cc(N3CCCCC3)c2)cc1. The highest BCUT2D eigenvalue weighted by Gasteiger charge is 2.19. The summed E-state index contributed by atoms with van der Waals surface area (Å²) in [7, 11) is 0. The summed E-state index contributed by atoms with van der Waals surface area (Å²) in [4.78, 5) is 28.4. The van der Waals surface area contributed by atoms with Gasteiger partial charge in [-0.25, -0.2) is 4.79 Å². The lowest BCUT2D eigenvalue weighted by atomic mass is 9.98. The molecule has 158 valence electrons. The molecule has 31 heavy (non-hydrogen) atoms. The van der Waals surface area contributed by atoms with Crippen molar-refractivity contribution in [2.24, 2.45) is 0 Å². The minimum absolute atomic E-state index is 0.0877. The van der Waals surface area contributed by atoms with Crippen LogP contribution < -0.4 is 9.64 Å². The molecule has 1 aliphatic rings. The van der Waals surface area contributed by atoms with E-state index in [0.29, 0.717) is 22.4 Å². The van der Waals surface area contributed by atoms with Crippen LogP contribution in [0.25, 0.3) is 0 Å². The Balaban J connectivity index is 1.68. The van der Waals surface area contributed by atoms with Crippen LogP contribution in [-0.2, 0) is 6.42 Å². The lowest BCUT2D eigenvalue weighted by molar-refractivity contribution is 0.0735. The second-order valence-corrected chi connectivity index (χ2v) is 7.90. The zero-order valence-electron chi connectivity index (χ0n) is 17.8. The van der Waals surface area contributed by atoms with Gasteiger partial charge in [-0.2, -0.15) is 0 Å². The second kappa shape index (κ2) is 9.61. The number of para-hydroxylation sites is 1. The van der Waals surface area contributed by atoms with E-state index >= 15 is 0 Å². The molecule has 0 saturated carbocycles. The first kappa shape index (κ1) is 20.9. The molecule has 1 fully saturated rings. The molecular weight excluding hydrogens is 386 g/mol. The Morgan fingerprint density at radius 3 is 2.16 bits per heavy atom. The summed E-state index contributed by atoms with van der Waals surface area (Å²) in [5, 5.41) is 0. The Morgan fingerprint density at radius 1 is 0.806 bits per heavy atom. The molecule has 1 saturated heterocycles. The van der Waals surface area contributed by atoms with E-state index in [1.807, 2.05) is 54.6 Å². The van der Waals surface area contributed by atoms with Crippen LogP contribution in [0.1, 0.15) is 58.0 Å². The number of ketones is 1. The van der Waals surface area contributed by atoms with E-state index in [-0.39, 0.29) is 5.78 Å². The molecule has 0 unspecified atom stereocenters. The summed E-state index contributed by atoms with van der Waals surface area (Å²) < 4.78 is 5.54. The topological polar surface area (TPSA) is 46.6 Å². The van der Waals surface area contributed by atoms with E-state index in [1.165, 1.54) is 12.0 Å². The number of nitrogens with zero attached hydrogens (tertiary/aromatic N) is 1. The van der Waals surface area contributed by atoms with Crippen LogP contribution >= 0.6 is 0 Å². The van der Waals surface area contributed by atoms with Gasteiger partial charge in [-0.15, -0.1) is 0 Å².